The van der Waals surface area contributed by atoms with Crippen molar-refractivity contribution in [3.8, 4) is 0 Å². The third-order valence-corrected chi connectivity index (χ3v) is 9.43. The lowest BCUT2D eigenvalue weighted by Crippen LogP contribution is -2.34. The summed E-state index contributed by atoms with van der Waals surface area (Å²) < 4.78 is 12.3. The number of rotatable bonds is 4. The van der Waals surface area contributed by atoms with E-state index in [-0.39, 0.29) is 23.4 Å². The summed E-state index contributed by atoms with van der Waals surface area (Å²) in [5.74, 6) is 0.281. The molecule has 1 aliphatic heterocycles. The zero-order valence-corrected chi connectivity index (χ0v) is 29.5. The van der Waals surface area contributed by atoms with Gasteiger partial charge in [0.2, 0.25) is 0 Å². The van der Waals surface area contributed by atoms with Crippen LogP contribution in [-0.2, 0) is 21.5 Å². The fourth-order valence-corrected chi connectivity index (χ4v) is 6.76. The van der Waals surface area contributed by atoms with Crippen LogP contribution in [0, 0.1) is 16.7 Å². The number of nitrogens with zero attached hydrogens (tertiary/aromatic N) is 1. The number of ether oxygens (including phenoxy) is 2. The standard InChI is InChI=1S/C30H39NO4.C6H14.CH4S/c1-7-34-28(33)20-12-10-19(11-13-20)27-24-25(30(35-27)14-8-9-18(30)4)23-21(31-26(24)17(2)3)15-29(5,6)16-22(23)32;1-5-6(2,3)4;1-2/h10-13,17-18,22,27,32H,7-9,14-16H2,1-6H3;5H2,1-4H3;2H,1H3. The first-order chi connectivity index (χ1) is 20.1. The summed E-state index contributed by atoms with van der Waals surface area (Å²) in [6.45, 7) is 22.2. The van der Waals surface area contributed by atoms with Crippen molar-refractivity contribution in [3.05, 3.63) is 63.5 Å². The van der Waals surface area contributed by atoms with Crippen LogP contribution < -0.4 is 0 Å². The zero-order chi connectivity index (χ0) is 32.3. The minimum Gasteiger partial charge on any atom is -0.462 e. The van der Waals surface area contributed by atoms with Gasteiger partial charge in [0, 0.05) is 22.5 Å². The Morgan fingerprint density at radius 1 is 1.14 bits per heavy atom. The van der Waals surface area contributed by atoms with E-state index in [0.29, 0.717) is 23.5 Å². The Balaban J connectivity index is 0.000000566. The highest BCUT2D eigenvalue weighted by atomic mass is 32.1. The van der Waals surface area contributed by atoms with Crippen LogP contribution in [0.2, 0.25) is 0 Å². The smallest absolute Gasteiger partial charge is 0.338 e. The van der Waals surface area contributed by atoms with Crippen LogP contribution >= 0.6 is 12.6 Å². The number of aliphatic hydroxyl groups excluding tert-OH is 1. The monoisotopic (exact) mass is 611 g/mol. The molecule has 1 aromatic carbocycles. The van der Waals surface area contributed by atoms with Gasteiger partial charge in [-0.15, -0.1) is 0 Å². The second kappa shape index (κ2) is 14.0. The molecule has 5 rings (SSSR count). The Morgan fingerprint density at radius 2 is 1.74 bits per heavy atom. The summed E-state index contributed by atoms with van der Waals surface area (Å²) in [5.41, 5.74) is 7.25. The number of fused-ring (bicyclic) bond motifs is 4. The van der Waals surface area contributed by atoms with Gasteiger partial charge < -0.3 is 14.6 Å². The molecule has 4 atom stereocenters. The average molecular weight is 612 g/mol. The maximum Gasteiger partial charge on any atom is 0.338 e. The van der Waals surface area contributed by atoms with Crippen LogP contribution in [-0.4, -0.2) is 28.9 Å². The van der Waals surface area contributed by atoms with Crippen LogP contribution in [0.1, 0.15) is 163 Å². The van der Waals surface area contributed by atoms with Gasteiger partial charge in [-0.25, -0.2) is 4.79 Å². The van der Waals surface area contributed by atoms with Crippen molar-refractivity contribution in [2.75, 3.05) is 12.9 Å². The molecule has 4 unspecified atom stereocenters. The summed E-state index contributed by atoms with van der Waals surface area (Å²) in [6.07, 6.45) is 6.96. The Morgan fingerprint density at radius 3 is 2.23 bits per heavy atom. The van der Waals surface area contributed by atoms with Crippen molar-refractivity contribution in [1.82, 2.24) is 4.98 Å². The van der Waals surface area contributed by atoms with Crippen LogP contribution in [0.4, 0.5) is 0 Å². The lowest BCUT2D eigenvalue weighted by Gasteiger charge is -2.39. The number of aromatic nitrogens is 1. The third kappa shape index (κ3) is 7.50. The molecule has 2 aliphatic carbocycles. The highest BCUT2D eigenvalue weighted by Crippen LogP contribution is 2.61. The first-order valence-electron chi connectivity index (χ1n) is 16.3. The molecule has 0 amide bonds. The molecule has 6 heteroatoms. The molecule has 0 radical (unpaired) electrons. The lowest BCUT2D eigenvalue weighted by atomic mass is 9.69. The molecule has 1 fully saturated rings. The number of aliphatic hydroxyl groups is 1. The van der Waals surface area contributed by atoms with Gasteiger partial charge in [-0.2, -0.15) is 12.6 Å². The summed E-state index contributed by atoms with van der Waals surface area (Å²) >= 11 is 3.53. The van der Waals surface area contributed by atoms with Gasteiger partial charge in [0.25, 0.3) is 0 Å². The van der Waals surface area contributed by atoms with E-state index in [1.807, 2.05) is 31.2 Å². The van der Waals surface area contributed by atoms with Crippen molar-refractivity contribution in [2.45, 2.75) is 131 Å². The Hall–Kier alpha value is -1.89. The van der Waals surface area contributed by atoms with Crippen LogP contribution in [0.15, 0.2) is 24.3 Å². The third-order valence-electron chi connectivity index (χ3n) is 9.43. The average Bonchev–Trinajstić information content (AvgIpc) is 3.48. The predicted molar refractivity (Wildman–Crippen MR) is 180 cm³/mol. The number of thiol groups is 1. The first kappa shape index (κ1) is 35.6. The molecule has 0 saturated heterocycles. The van der Waals surface area contributed by atoms with Gasteiger partial charge in [-0.1, -0.05) is 80.9 Å². The lowest BCUT2D eigenvalue weighted by molar-refractivity contribution is -0.0842. The van der Waals surface area contributed by atoms with E-state index in [2.05, 4.69) is 74.9 Å². The summed E-state index contributed by atoms with van der Waals surface area (Å²) in [5, 5.41) is 11.5. The van der Waals surface area contributed by atoms with Gasteiger partial charge in [0.1, 0.15) is 6.10 Å². The molecule has 5 nitrogen and oxygen atoms in total. The maximum atomic E-state index is 12.2. The Kier molecular flexibility index (Phi) is 11.6. The highest BCUT2D eigenvalue weighted by Gasteiger charge is 2.55. The highest BCUT2D eigenvalue weighted by molar-refractivity contribution is 7.79. The number of benzene rings is 1. The number of pyridine rings is 1. The second-order valence-electron chi connectivity index (χ2n) is 14.8. The summed E-state index contributed by atoms with van der Waals surface area (Å²) in [7, 11) is 0. The van der Waals surface area contributed by atoms with Crippen LogP contribution in [0.25, 0.3) is 0 Å². The molecule has 240 valence electrons. The van der Waals surface area contributed by atoms with Crippen LogP contribution in [0.5, 0.6) is 0 Å². The SMILES string of the molecule is CCC(C)(C)C.CCOC(=O)c1ccc(C2OC3(CCCC3C)c3c4c(nc(C(C)C)c32)CC(C)(C)CC4O)cc1.CS. The molecule has 1 N–H and O–H groups in total. The normalized spacial score (nSPS) is 25.3. The van der Waals surface area contributed by atoms with E-state index >= 15 is 0 Å². The predicted octanol–water partition coefficient (Wildman–Crippen LogP) is 9.51. The van der Waals surface area contributed by atoms with Crippen molar-refractivity contribution in [2.24, 2.45) is 16.7 Å². The van der Waals surface area contributed by atoms with Gasteiger partial charge >= 0.3 is 5.97 Å². The molecular weight excluding hydrogens is 554 g/mol. The maximum absolute atomic E-state index is 12.2. The molecule has 1 saturated carbocycles. The largest absolute Gasteiger partial charge is 0.462 e. The molecule has 0 bridgehead atoms. The number of hydrogen-bond acceptors (Lipinski definition) is 6. The van der Waals surface area contributed by atoms with E-state index < -0.39 is 11.7 Å². The first-order valence-corrected chi connectivity index (χ1v) is 17.2. The second-order valence-corrected chi connectivity index (χ2v) is 14.8. The zero-order valence-electron chi connectivity index (χ0n) is 28.6. The molecule has 2 aromatic rings. The van der Waals surface area contributed by atoms with E-state index in [1.165, 1.54) is 12.0 Å². The van der Waals surface area contributed by atoms with E-state index in [4.69, 9.17) is 14.5 Å². The molecule has 3 aliphatic rings. The molecular formula is C37H57NO4S. The molecule has 43 heavy (non-hydrogen) atoms. The number of carbonyl (C=O) groups excluding carboxylic acids is 1. The van der Waals surface area contributed by atoms with E-state index in [1.54, 1.807) is 6.26 Å². The van der Waals surface area contributed by atoms with E-state index in [9.17, 15) is 9.90 Å². The molecule has 1 aromatic heterocycles. The van der Waals surface area contributed by atoms with Gasteiger partial charge in [0.15, 0.2) is 0 Å². The minimum absolute atomic E-state index is 0.0121. The molecule has 1 spiro atoms. The fraction of sp³-hybridized carbons (Fsp3) is 0.676. The number of hydrogen-bond donors (Lipinski definition) is 2. The Labute approximate surface area is 267 Å². The quantitative estimate of drug-likeness (QED) is 0.266. The number of esters is 1. The molecule has 2 heterocycles. The fourth-order valence-electron chi connectivity index (χ4n) is 6.76. The summed E-state index contributed by atoms with van der Waals surface area (Å²) in [6, 6.07) is 7.64. The van der Waals surface area contributed by atoms with E-state index in [0.717, 1.165) is 60.2 Å². The van der Waals surface area contributed by atoms with Crippen LogP contribution in [0.3, 0.4) is 0 Å². The number of carbonyl (C=O) groups is 1. The van der Waals surface area contributed by atoms with Gasteiger partial charge in [-0.3, -0.25) is 4.98 Å². The van der Waals surface area contributed by atoms with Crippen molar-refractivity contribution < 1.29 is 19.4 Å². The van der Waals surface area contributed by atoms with Crippen molar-refractivity contribution in [3.63, 3.8) is 0 Å². The van der Waals surface area contributed by atoms with Gasteiger partial charge in [0.05, 0.1) is 23.9 Å². The van der Waals surface area contributed by atoms with Gasteiger partial charge in [-0.05, 0) is 91.2 Å². The van der Waals surface area contributed by atoms with Crippen molar-refractivity contribution in [1.29, 1.82) is 0 Å². The Bertz CT molecular complexity index is 1250. The topological polar surface area (TPSA) is 68.7 Å². The summed E-state index contributed by atoms with van der Waals surface area (Å²) in [4.78, 5) is 17.5. The minimum atomic E-state index is -0.533. The van der Waals surface area contributed by atoms with Crippen molar-refractivity contribution >= 4 is 18.6 Å².